The molecule has 1 fully saturated rings. The second kappa shape index (κ2) is 6.59. The van der Waals surface area contributed by atoms with Crippen LogP contribution in [-0.2, 0) is 9.84 Å². The van der Waals surface area contributed by atoms with Crippen molar-refractivity contribution in [2.45, 2.75) is 37.1 Å². The van der Waals surface area contributed by atoms with Gasteiger partial charge in [0.25, 0.3) is 0 Å². The van der Waals surface area contributed by atoms with Crippen LogP contribution in [0.25, 0.3) is 0 Å². The molecule has 0 amide bonds. The molecule has 1 aliphatic heterocycles. The Bertz CT molecular complexity index is 543. The van der Waals surface area contributed by atoms with Gasteiger partial charge in [-0.3, -0.25) is 4.90 Å². The van der Waals surface area contributed by atoms with Crippen LogP contribution < -0.4 is 5.32 Å². The Morgan fingerprint density at radius 2 is 2.05 bits per heavy atom. The smallest absolute Gasteiger partial charge is 0.177 e. The fourth-order valence-electron chi connectivity index (χ4n) is 2.87. The number of benzene rings is 1. The standard InChI is InChI=1S/C15H24N2O2S/c1-3-17-11-7-6-8-13(17)12-16-14-9-4-5-10-15(14)20(2,18)19/h4-5,9-10,13,16H,3,6-8,11-12H2,1-2H3/t13-/m0/s1. The van der Waals surface area contributed by atoms with E-state index in [1.54, 1.807) is 12.1 Å². The molecule has 1 saturated heterocycles. The van der Waals surface area contributed by atoms with Gasteiger partial charge in [0.2, 0.25) is 0 Å². The molecule has 0 spiro atoms. The number of rotatable bonds is 5. The summed E-state index contributed by atoms with van der Waals surface area (Å²) in [5, 5.41) is 3.33. The Kier molecular flexibility index (Phi) is 5.05. The SMILES string of the molecule is CCN1CCCC[C@H]1CNc1ccccc1S(C)(=O)=O. The lowest BCUT2D eigenvalue weighted by Gasteiger charge is -2.35. The van der Waals surface area contributed by atoms with Crippen molar-refractivity contribution in [3.8, 4) is 0 Å². The molecular weight excluding hydrogens is 272 g/mol. The van der Waals surface area contributed by atoms with Gasteiger partial charge in [0, 0.05) is 18.8 Å². The molecule has 0 radical (unpaired) electrons. The van der Waals surface area contributed by atoms with E-state index < -0.39 is 9.84 Å². The highest BCUT2D eigenvalue weighted by Crippen LogP contribution is 2.22. The van der Waals surface area contributed by atoms with E-state index >= 15 is 0 Å². The van der Waals surface area contributed by atoms with Gasteiger partial charge < -0.3 is 5.32 Å². The first-order chi connectivity index (χ1) is 9.52. The monoisotopic (exact) mass is 296 g/mol. The Morgan fingerprint density at radius 3 is 2.75 bits per heavy atom. The third kappa shape index (κ3) is 3.73. The first kappa shape index (κ1) is 15.3. The average molecular weight is 296 g/mol. The Hall–Kier alpha value is -1.07. The summed E-state index contributed by atoms with van der Waals surface area (Å²) in [4.78, 5) is 2.86. The number of nitrogens with one attached hydrogen (secondary N) is 1. The number of likely N-dealkylation sites (N-methyl/N-ethyl adjacent to an activating group) is 1. The normalized spacial score (nSPS) is 20.8. The summed E-state index contributed by atoms with van der Waals surface area (Å²) < 4.78 is 23.5. The molecule has 1 aliphatic rings. The van der Waals surface area contributed by atoms with E-state index in [1.807, 2.05) is 12.1 Å². The summed E-state index contributed by atoms with van der Waals surface area (Å²) in [7, 11) is -3.18. The maximum absolute atomic E-state index is 11.8. The van der Waals surface area contributed by atoms with E-state index in [2.05, 4.69) is 17.1 Å². The summed E-state index contributed by atoms with van der Waals surface area (Å²) in [6.45, 7) is 5.19. The van der Waals surface area contributed by atoms with Crippen molar-refractivity contribution in [3.05, 3.63) is 24.3 Å². The van der Waals surface area contributed by atoms with E-state index in [9.17, 15) is 8.42 Å². The molecule has 0 aromatic heterocycles. The number of sulfone groups is 1. The molecule has 4 nitrogen and oxygen atoms in total. The Morgan fingerprint density at radius 1 is 1.30 bits per heavy atom. The van der Waals surface area contributed by atoms with Crippen LogP contribution in [0.4, 0.5) is 5.69 Å². The van der Waals surface area contributed by atoms with Crippen LogP contribution in [0.5, 0.6) is 0 Å². The van der Waals surface area contributed by atoms with Crippen molar-refractivity contribution in [2.75, 3.05) is 31.2 Å². The topological polar surface area (TPSA) is 49.4 Å². The quantitative estimate of drug-likeness (QED) is 0.906. The lowest BCUT2D eigenvalue weighted by molar-refractivity contribution is 0.164. The van der Waals surface area contributed by atoms with Crippen LogP contribution in [0, 0.1) is 0 Å². The maximum atomic E-state index is 11.8. The van der Waals surface area contributed by atoms with Gasteiger partial charge in [0.05, 0.1) is 10.6 Å². The number of hydrogen-bond acceptors (Lipinski definition) is 4. The number of hydrogen-bond donors (Lipinski definition) is 1. The molecule has 112 valence electrons. The summed E-state index contributed by atoms with van der Waals surface area (Å²) >= 11 is 0. The zero-order chi connectivity index (χ0) is 14.6. The Labute approximate surface area is 122 Å². The predicted molar refractivity (Wildman–Crippen MR) is 82.9 cm³/mol. The van der Waals surface area contributed by atoms with Crippen molar-refractivity contribution in [1.82, 2.24) is 4.90 Å². The number of nitrogens with zero attached hydrogens (tertiary/aromatic N) is 1. The third-order valence-corrected chi connectivity index (χ3v) is 5.12. The van der Waals surface area contributed by atoms with Crippen molar-refractivity contribution >= 4 is 15.5 Å². The summed E-state index contributed by atoms with van der Waals surface area (Å²) in [5.74, 6) is 0. The van der Waals surface area contributed by atoms with Crippen molar-refractivity contribution in [1.29, 1.82) is 0 Å². The lowest BCUT2D eigenvalue weighted by Crippen LogP contribution is -2.43. The van der Waals surface area contributed by atoms with Crippen molar-refractivity contribution in [3.63, 3.8) is 0 Å². The summed E-state index contributed by atoms with van der Waals surface area (Å²) in [6, 6.07) is 7.64. The molecule has 20 heavy (non-hydrogen) atoms. The second-order valence-electron chi connectivity index (χ2n) is 5.43. The third-order valence-electron chi connectivity index (χ3n) is 3.97. The largest absolute Gasteiger partial charge is 0.382 e. The van der Waals surface area contributed by atoms with Gasteiger partial charge in [0.1, 0.15) is 0 Å². The predicted octanol–water partition coefficient (Wildman–Crippen LogP) is 2.38. The van der Waals surface area contributed by atoms with Gasteiger partial charge in [0.15, 0.2) is 9.84 Å². The van der Waals surface area contributed by atoms with Crippen LogP contribution >= 0.6 is 0 Å². The Balaban J connectivity index is 2.07. The minimum atomic E-state index is -3.18. The molecule has 1 atom stereocenters. The molecule has 1 heterocycles. The van der Waals surface area contributed by atoms with Gasteiger partial charge in [-0.1, -0.05) is 25.5 Å². The summed E-state index contributed by atoms with van der Waals surface area (Å²) in [6.07, 6.45) is 4.97. The van der Waals surface area contributed by atoms with Gasteiger partial charge in [-0.25, -0.2) is 8.42 Å². The number of piperidine rings is 1. The zero-order valence-electron chi connectivity index (χ0n) is 12.3. The van der Waals surface area contributed by atoms with Gasteiger partial charge in [-0.2, -0.15) is 0 Å². The van der Waals surface area contributed by atoms with Crippen LogP contribution in [-0.4, -0.2) is 45.2 Å². The average Bonchev–Trinajstić information content (AvgIpc) is 2.44. The van der Waals surface area contributed by atoms with Gasteiger partial charge in [-0.05, 0) is 38.1 Å². The van der Waals surface area contributed by atoms with E-state index in [1.165, 1.54) is 25.5 Å². The van der Waals surface area contributed by atoms with E-state index in [0.29, 0.717) is 10.9 Å². The van der Waals surface area contributed by atoms with Gasteiger partial charge >= 0.3 is 0 Å². The molecule has 1 N–H and O–H groups in total. The van der Waals surface area contributed by atoms with Crippen molar-refractivity contribution < 1.29 is 8.42 Å². The molecular formula is C15H24N2O2S. The molecule has 0 bridgehead atoms. The lowest BCUT2D eigenvalue weighted by atomic mass is 10.0. The number of likely N-dealkylation sites (tertiary alicyclic amines) is 1. The summed E-state index contributed by atoms with van der Waals surface area (Å²) in [5.41, 5.74) is 0.719. The van der Waals surface area contributed by atoms with E-state index in [4.69, 9.17) is 0 Å². The molecule has 0 aliphatic carbocycles. The maximum Gasteiger partial charge on any atom is 0.177 e. The highest BCUT2D eigenvalue weighted by Gasteiger charge is 2.21. The molecule has 1 aromatic carbocycles. The molecule has 5 heteroatoms. The fourth-order valence-corrected chi connectivity index (χ4v) is 3.74. The molecule has 0 saturated carbocycles. The van der Waals surface area contributed by atoms with Crippen LogP contribution in [0.1, 0.15) is 26.2 Å². The number of para-hydroxylation sites is 1. The first-order valence-electron chi connectivity index (χ1n) is 7.29. The first-order valence-corrected chi connectivity index (χ1v) is 9.18. The molecule has 1 aromatic rings. The fraction of sp³-hybridized carbons (Fsp3) is 0.600. The minimum Gasteiger partial charge on any atom is -0.382 e. The van der Waals surface area contributed by atoms with E-state index in [-0.39, 0.29) is 0 Å². The minimum absolute atomic E-state index is 0.388. The van der Waals surface area contributed by atoms with Gasteiger partial charge in [-0.15, -0.1) is 0 Å². The highest BCUT2D eigenvalue weighted by atomic mass is 32.2. The van der Waals surface area contributed by atoms with Crippen LogP contribution in [0.2, 0.25) is 0 Å². The molecule has 2 rings (SSSR count). The van der Waals surface area contributed by atoms with Crippen molar-refractivity contribution in [2.24, 2.45) is 0 Å². The second-order valence-corrected chi connectivity index (χ2v) is 7.41. The van der Waals surface area contributed by atoms with E-state index in [0.717, 1.165) is 25.3 Å². The van der Waals surface area contributed by atoms with Crippen LogP contribution in [0.3, 0.4) is 0 Å². The zero-order valence-corrected chi connectivity index (χ0v) is 13.1. The number of anilines is 1. The highest BCUT2D eigenvalue weighted by molar-refractivity contribution is 7.90. The van der Waals surface area contributed by atoms with Crippen LogP contribution in [0.15, 0.2) is 29.2 Å². The molecule has 0 unspecified atom stereocenters.